The number of carbonyl (C=O) groups excluding carboxylic acids is 2. The highest BCUT2D eigenvalue weighted by Gasteiger charge is 2.69. The monoisotopic (exact) mass is 264 g/mol. The minimum Gasteiger partial charge on any atom is -0.460 e. The molecule has 3 aliphatic rings. The van der Waals surface area contributed by atoms with Crippen molar-refractivity contribution < 1.29 is 19.4 Å². The number of esters is 1. The van der Waals surface area contributed by atoms with Crippen LogP contribution in [0.5, 0.6) is 0 Å². The quantitative estimate of drug-likeness (QED) is 0.409. The van der Waals surface area contributed by atoms with Crippen LogP contribution < -0.4 is 0 Å². The number of aliphatic hydroxyl groups excluding tert-OH is 1. The lowest BCUT2D eigenvalue weighted by molar-refractivity contribution is -0.152. The van der Waals surface area contributed by atoms with E-state index in [0.717, 1.165) is 6.42 Å². The van der Waals surface area contributed by atoms with E-state index < -0.39 is 22.9 Å². The summed E-state index contributed by atoms with van der Waals surface area (Å²) in [5, 5.41) is 10.1. The first-order chi connectivity index (χ1) is 8.85. The molecule has 0 unspecified atom stereocenters. The number of carbonyl (C=O) groups is 2. The van der Waals surface area contributed by atoms with E-state index in [4.69, 9.17) is 4.74 Å². The SMILES string of the molecule is C=C1COC(=O)[C@]12C[C@H]1CC[C@H](O)[C@H](C)[C@@]1(C)C2=O. The summed E-state index contributed by atoms with van der Waals surface area (Å²) in [6, 6.07) is 0. The fourth-order valence-electron chi connectivity index (χ4n) is 4.35. The topological polar surface area (TPSA) is 63.6 Å². The molecule has 4 nitrogen and oxygen atoms in total. The summed E-state index contributed by atoms with van der Waals surface area (Å²) in [5.74, 6) is -0.497. The van der Waals surface area contributed by atoms with E-state index in [1.165, 1.54) is 0 Å². The van der Waals surface area contributed by atoms with Crippen molar-refractivity contribution in [1.29, 1.82) is 0 Å². The number of cyclic esters (lactones) is 1. The number of Topliss-reactive ketones (excluding diaryl/α,β-unsaturated/α-hetero) is 1. The smallest absolute Gasteiger partial charge is 0.324 e. The van der Waals surface area contributed by atoms with Crippen molar-refractivity contribution in [3.63, 3.8) is 0 Å². The Morgan fingerprint density at radius 1 is 1.37 bits per heavy atom. The van der Waals surface area contributed by atoms with Crippen molar-refractivity contribution in [1.82, 2.24) is 0 Å². The van der Waals surface area contributed by atoms with Crippen LogP contribution >= 0.6 is 0 Å². The van der Waals surface area contributed by atoms with E-state index in [1.807, 2.05) is 13.8 Å². The van der Waals surface area contributed by atoms with E-state index in [9.17, 15) is 14.7 Å². The van der Waals surface area contributed by atoms with Gasteiger partial charge in [0.05, 0.1) is 6.10 Å². The normalized spacial score (nSPS) is 49.6. The van der Waals surface area contributed by atoms with Crippen LogP contribution in [-0.4, -0.2) is 29.6 Å². The molecule has 2 aliphatic carbocycles. The molecular formula is C15H20O4. The minimum atomic E-state index is -1.13. The van der Waals surface area contributed by atoms with Gasteiger partial charge in [-0.05, 0) is 36.7 Å². The first-order valence-electron chi connectivity index (χ1n) is 6.93. The van der Waals surface area contributed by atoms with Crippen LogP contribution in [0.1, 0.15) is 33.1 Å². The second-order valence-electron chi connectivity index (χ2n) is 6.53. The summed E-state index contributed by atoms with van der Waals surface area (Å²) in [4.78, 5) is 25.1. The van der Waals surface area contributed by atoms with Crippen LogP contribution in [0.2, 0.25) is 0 Å². The first-order valence-corrected chi connectivity index (χ1v) is 6.93. The van der Waals surface area contributed by atoms with Gasteiger partial charge in [-0.15, -0.1) is 0 Å². The largest absolute Gasteiger partial charge is 0.460 e. The lowest BCUT2D eigenvalue weighted by Gasteiger charge is -2.43. The van der Waals surface area contributed by atoms with Gasteiger partial charge in [-0.1, -0.05) is 20.4 Å². The van der Waals surface area contributed by atoms with Gasteiger partial charge < -0.3 is 9.84 Å². The Bertz CT molecular complexity index is 465. The van der Waals surface area contributed by atoms with Crippen molar-refractivity contribution in [2.24, 2.45) is 22.7 Å². The van der Waals surface area contributed by atoms with Gasteiger partial charge in [-0.2, -0.15) is 0 Å². The highest BCUT2D eigenvalue weighted by Crippen LogP contribution is 2.62. The van der Waals surface area contributed by atoms with Gasteiger partial charge in [0.2, 0.25) is 0 Å². The van der Waals surface area contributed by atoms with Gasteiger partial charge >= 0.3 is 5.97 Å². The van der Waals surface area contributed by atoms with Gasteiger partial charge in [0, 0.05) is 5.41 Å². The maximum atomic E-state index is 13.0. The molecule has 1 heterocycles. The molecule has 0 aromatic rings. The Balaban J connectivity index is 2.09. The Morgan fingerprint density at radius 3 is 2.63 bits per heavy atom. The van der Waals surface area contributed by atoms with Crippen LogP contribution in [0.3, 0.4) is 0 Å². The van der Waals surface area contributed by atoms with Crippen LogP contribution in [0.15, 0.2) is 12.2 Å². The number of hydrogen-bond acceptors (Lipinski definition) is 4. The van der Waals surface area contributed by atoms with E-state index >= 15 is 0 Å². The van der Waals surface area contributed by atoms with Crippen LogP contribution in [-0.2, 0) is 14.3 Å². The molecule has 104 valence electrons. The van der Waals surface area contributed by atoms with Crippen molar-refractivity contribution >= 4 is 11.8 Å². The van der Waals surface area contributed by atoms with Crippen molar-refractivity contribution in [3.8, 4) is 0 Å². The molecule has 5 atom stereocenters. The van der Waals surface area contributed by atoms with Crippen LogP contribution in [0.25, 0.3) is 0 Å². The molecule has 0 bridgehead atoms. The van der Waals surface area contributed by atoms with Crippen LogP contribution in [0, 0.1) is 22.7 Å². The lowest BCUT2D eigenvalue weighted by atomic mass is 9.61. The highest BCUT2D eigenvalue weighted by molar-refractivity contribution is 6.12. The van der Waals surface area contributed by atoms with Crippen molar-refractivity contribution in [3.05, 3.63) is 12.2 Å². The van der Waals surface area contributed by atoms with Crippen molar-refractivity contribution in [2.75, 3.05) is 6.61 Å². The van der Waals surface area contributed by atoms with Gasteiger partial charge in [0.1, 0.15) is 6.61 Å². The van der Waals surface area contributed by atoms with E-state index in [1.54, 1.807) is 0 Å². The van der Waals surface area contributed by atoms with Crippen molar-refractivity contribution in [2.45, 2.75) is 39.2 Å². The van der Waals surface area contributed by atoms with E-state index in [-0.39, 0.29) is 24.2 Å². The Labute approximate surface area is 112 Å². The number of ketones is 1. The molecule has 0 aromatic heterocycles. The molecule has 1 N–H and O–H groups in total. The third kappa shape index (κ3) is 1.28. The average molecular weight is 264 g/mol. The van der Waals surface area contributed by atoms with Gasteiger partial charge in [-0.25, -0.2) is 0 Å². The summed E-state index contributed by atoms with van der Waals surface area (Å²) in [7, 11) is 0. The zero-order chi connectivity index (χ0) is 14.0. The Morgan fingerprint density at radius 2 is 2.05 bits per heavy atom. The molecule has 19 heavy (non-hydrogen) atoms. The third-order valence-corrected chi connectivity index (χ3v) is 5.94. The van der Waals surface area contributed by atoms with Crippen LogP contribution in [0.4, 0.5) is 0 Å². The zero-order valence-corrected chi connectivity index (χ0v) is 11.4. The standard InChI is InChI=1S/C15H20O4/c1-8-7-19-13(18)15(8)6-10-4-5-11(16)9(2)14(10,3)12(15)17/h9-11,16H,1,4-7H2,2-3H3/t9-,10+,11-,14+,15+/m0/s1. The number of ether oxygens (including phenoxy) is 1. The van der Waals surface area contributed by atoms with E-state index in [0.29, 0.717) is 18.4 Å². The molecule has 3 fully saturated rings. The molecule has 3 rings (SSSR count). The summed E-state index contributed by atoms with van der Waals surface area (Å²) < 4.78 is 5.06. The highest BCUT2D eigenvalue weighted by atomic mass is 16.5. The molecule has 1 aliphatic heterocycles. The maximum absolute atomic E-state index is 13.0. The third-order valence-electron chi connectivity index (χ3n) is 5.94. The predicted octanol–water partition coefficient (Wildman–Crippen LogP) is 1.47. The number of fused-ring (bicyclic) bond motifs is 1. The Hall–Kier alpha value is -1.16. The molecule has 1 spiro atoms. The molecule has 4 heteroatoms. The number of rotatable bonds is 0. The molecule has 0 radical (unpaired) electrons. The summed E-state index contributed by atoms with van der Waals surface area (Å²) in [6.45, 7) is 7.87. The lowest BCUT2D eigenvalue weighted by Crippen LogP contribution is -2.48. The fraction of sp³-hybridized carbons (Fsp3) is 0.733. The number of hydrogen-bond donors (Lipinski definition) is 1. The fourth-order valence-corrected chi connectivity index (χ4v) is 4.35. The predicted molar refractivity (Wildman–Crippen MR) is 68.2 cm³/mol. The summed E-state index contributed by atoms with van der Waals surface area (Å²) in [6.07, 6.45) is 1.53. The molecule has 0 amide bonds. The first kappa shape index (κ1) is 12.9. The Kier molecular flexibility index (Phi) is 2.50. The maximum Gasteiger partial charge on any atom is 0.324 e. The van der Waals surface area contributed by atoms with Gasteiger partial charge in [0.15, 0.2) is 11.2 Å². The molecule has 0 aromatic carbocycles. The molecular weight excluding hydrogens is 244 g/mol. The zero-order valence-electron chi connectivity index (χ0n) is 11.4. The van der Waals surface area contributed by atoms with E-state index in [2.05, 4.69) is 6.58 Å². The van der Waals surface area contributed by atoms with Gasteiger partial charge in [-0.3, -0.25) is 9.59 Å². The second-order valence-corrected chi connectivity index (χ2v) is 6.53. The number of aliphatic hydroxyl groups is 1. The summed E-state index contributed by atoms with van der Waals surface area (Å²) in [5.41, 5.74) is -1.17. The average Bonchev–Trinajstić information content (AvgIpc) is 2.79. The molecule has 2 saturated carbocycles. The second kappa shape index (κ2) is 3.69. The minimum absolute atomic E-state index is 0.0799. The summed E-state index contributed by atoms with van der Waals surface area (Å²) >= 11 is 0. The van der Waals surface area contributed by atoms with Gasteiger partial charge in [0.25, 0.3) is 0 Å². The molecule has 1 saturated heterocycles.